The maximum absolute atomic E-state index is 13.1. The van der Waals surface area contributed by atoms with Crippen molar-refractivity contribution in [2.24, 2.45) is 0 Å². The van der Waals surface area contributed by atoms with E-state index in [-0.39, 0.29) is 0 Å². The van der Waals surface area contributed by atoms with Gasteiger partial charge in [0, 0.05) is 6.20 Å². The zero-order chi connectivity index (χ0) is 13.7. The molecular weight excluding hydrogens is 248 g/mol. The van der Waals surface area contributed by atoms with Crippen LogP contribution in [0.3, 0.4) is 0 Å². The Morgan fingerprint density at radius 2 is 1.84 bits per heavy atom. The Bertz CT molecular complexity index is 561. The Morgan fingerprint density at radius 1 is 1.11 bits per heavy atom. The third-order valence-corrected chi connectivity index (χ3v) is 2.62. The molecule has 0 fully saturated rings. The van der Waals surface area contributed by atoms with E-state index in [1.54, 1.807) is 18.2 Å². The van der Waals surface area contributed by atoms with Gasteiger partial charge in [0.2, 0.25) is 0 Å². The number of halogens is 2. The fraction of sp³-hybridized carbons (Fsp3) is 0.143. The molecule has 2 rings (SSSR count). The number of hydrogen-bond donors (Lipinski definition) is 1. The molecule has 1 N–H and O–H groups in total. The van der Waals surface area contributed by atoms with Crippen LogP contribution in [-0.4, -0.2) is 11.4 Å². The topological polar surface area (TPSA) is 48.7 Å². The SMILES string of the molecule is N#Cc1ccc(C(Nc2ccccn2)C(F)F)cc1. The summed E-state index contributed by atoms with van der Waals surface area (Å²) in [5, 5.41) is 11.4. The van der Waals surface area contributed by atoms with Gasteiger partial charge in [0.05, 0.1) is 11.6 Å². The Hall–Kier alpha value is -2.48. The van der Waals surface area contributed by atoms with Gasteiger partial charge in [-0.1, -0.05) is 18.2 Å². The quantitative estimate of drug-likeness (QED) is 0.915. The first-order valence-corrected chi connectivity index (χ1v) is 5.66. The zero-order valence-corrected chi connectivity index (χ0v) is 9.92. The minimum absolute atomic E-state index is 0.386. The highest BCUT2D eigenvalue weighted by Gasteiger charge is 2.22. The normalized spacial score (nSPS) is 11.9. The van der Waals surface area contributed by atoms with Crippen LogP contribution >= 0.6 is 0 Å². The number of anilines is 1. The third kappa shape index (κ3) is 3.26. The lowest BCUT2D eigenvalue weighted by Crippen LogP contribution is -2.19. The fourth-order valence-corrected chi connectivity index (χ4v) is 1.66. The van der Waals surface area contributed by atoms with Crippen molar-refractivity contribution in [2.45, 2.75) is 12.5 Å². The third-order valence-electron chi connectivity index (χ3n) is 2.62. The molecule has 1 unspecified atom stereocenters. The lowest BCUT2D eigenvalue weighted by molar-refractivity contribution is 0.124. The largest absolute Gasteiger partial charge is 0.358 e. The molecule has 0 aliphatic carbocycles. The summed E-state index contributed by atoms with van der Waals surface area (Å²) < 4.78 is 26.2. The molecule has 5 heteroatoms. The number of alkyl halides is 2. The number of nitrogens with one attached hydrogen (secondary N) is 1. The van der Waals surface area contributed by atoms with Crippen LogP contribution in [0.5, 0.6) is 0 Å². The van der Waals surface area contributed by atoms with Crippen molar-refractivity contribution < 1.29 is 8.78 Å². The first-order valence-electron chi connectivity index (χ1n) is 5.66. The molecule has 96 valence electrons. The van der Waals surface area contributed by atoms with Crippen molar-refractivity contribution in [3.05, 3.63) is 59.8 Å². The molecule has 0 saturated heterocycles. The zero-order valence-electron chi connectivity index (χ0n) is 9.92. The summed E-state index contributed by atoms with van der Waals surface area (Å²) in [5.41, 5.74) is 0.856. The molecule has 0 aliphatic heterocycles. The van der Waals surface area contributed by atoms with E-state index in [2.05, 4.69) is 10.3 Å². The second kappa shape index (κ2) is 5.91. The van der Waals surface area contributed by atoms with Crippen LogP contribution < -0.4 is 5.32 Å². The lowest BCUT2D eigenvalue weighted by Gasteiger charge is -2.18. The summed E-state index contributed by atoms with van der Waals surface area (Å²) in [6.07, 6.45) is -1.04. The van der Waals surface area contributed by atoms with Crippen LogP contribution in [-0.2, 0) is 0 Å². The first-order chi connectivity index (χ1) is 9.20. The van der Waals surface area contributed by atoms with E-state index in [1.165, 1.54) is 30.5 Å². The lowest BCUT2D eigenvalue weighted by atomic mass is 10.1. The molecule has 3 nitrogen and oxygen atoms in total. The second-order valence-corrected chi connectivity index (χ2v) is 3.91. The van der Waals surface area contributed by atoms with Gasteiger partial charge in [0.15, 0.2) is 0 Å². The predicted molar refractivity (Wildman–Crippen MR) is 67.8 cm³/mol. The monoisotopic (exact) mass is 259 g/mol. The van der Waals surface area contributed by atoms with E-state index >= 15 is 0 Å². The molecule has 0 aliphatic rings. The van der Waals surface area contributed by atoms with Crippen molar-refractivity contribution >= 4 is 5.82 Å². The fourth-order valence-electron chi connectivity index (χ4n) is 1.66. The maximum atomic E-state index is 13.1. The van der Waals surface area contributed by atoms with Crippen molar-refractivity contribution in [1.29, 1.82) is 5.26 Å². The molecule has 0 spiro atoms. The Kier molecular flexibility index (Phi) is 4.04. The number of nitrogens with zero attached hydrogens (tertiary/aromatic N) is 2. The van der Waals surface area contributed by atoms with Gasteiger partial charge < -0.3 is 5.32 Å². The summed E-state index contributed by atoms with van der Waals surface area (Å²) in [4.78, 5) is 3.96. The Balaban J connectivity index is 2.22. The average molecular weight is 259 g/mol. The highest BCUT2D eigenvalue weighted by molar-refractivity contribution is 5.40. The Morgan fingerprint density at radius 3 is 2.37 bits per heavy atom. The van der Waals surface area contributed by atoms with Crippen LogP contribution in [0.1, 0.15) is 17.2 Å². The minimum Gasteiger partial charge on any atom is -0.358 e. The molecule has 0 saturated carbocycles. The minimum atomic E-state index is -2.57. The molecular formula is C14H11F2N3. The summed E-state index contributed by atoms with van der Waals surface area (Å²) in [6, 6.07) is 11.9. The number of pyridine rings is 1. The van der Waals surface area contributed by atoms with Gasteiger partial charge in [-0.15, -0.1) is 0 Å². The first kappa shape index (κ1) is 13.0. The van der Waals surface area contributed by atoms with E-state index < -0.39 is 12.5 Å². The van der Waals surface area contributed by atoms with Crippen molar-refractivity contribution in [1.82, 2.24) is 4.98 Å². The van der Waals surface area contributed by atoms with Gasteiger partial charge in [0.1, 0.15) is 11.9 Å². The summed E-state index contributed by atoms with van der Waals surface area (Å²) in [6.45, 7) is 0. The smallest absolute Gasteiger partial charge is 0.262 e. The van der Waals surface area contributed by atoms with E-state index in [4.69, 9.17) is 5.26 Å². The molecule has 0 amide bonds. The Labute approximate surface area is 109 Å². The van der Waals surface area contributed by atoms with Crippen molar-refractivity contribution in [2.75, 3.05) is 5.32 Å². The molecule has 0 radical (unpaired) electrons. The molecule has 1 atom stereocenters. The van der Waals surface area contributed by atoms with Gasteiger partial charge in [-0.3, -0.25) is 0 Å². The van der Waals surface area contributed by atoms with Gasteiger partial charge in [-0.2, -0.15) is 5.26 Å². The number of aromatic nitrogens is 1. The van der Waals surface area contributed by atoms with E-state index in [0.717, 1.165) is 0 Å². The second-order valence-electron chi connectivity index (χ2n) is 3.91. The molecule has 0 bridgehead atoms. The number of nitriles is 1. The number of hydrogen-bond acceptors (Lipinski definition) is 3. The maximum Gasteiger partial charge on any atom is 0.262 e. The number of rotatable bonds is 4. The van der Waals surface area contributed by atoms with E-state index in [9.17, 15) is 8.78 Å². The molecule has 19 heavy (non-hydrogen) atoms. The van der Waals surface area contributed by atoms with Gasteiger partial charge in [-0.25, -0.2) is 13.8 Å². The van der Waals surface area contributed by atoms with E-state index in [1.807, 2.05) is 6.07 Å². The average Bonchev–Trinajstić information content (AvgIpc) is 2.46. The highest BCUT2D eigenvalue weighted by atomic mass is 19.3. The molecule has 1 aromatic carbocycles. The van der Waals surface area contributed by atoms with Crippen molar-refractivity contribution in [3.8, 4) is 6.07 Å². The van der Waals surface area contributed by atoms with Crippen LogP contribution in [0.15, 0.2) is 48.7 Å². The predicted octanol–water partition coefficient (Wildman–Crippen LogP) is 3.37. The molecule has 1 aromatic heterocycles. The molecule has 1 heterocycles. The van der Waals surface area contributed by atoms with Gasteiger partial charge in [0.25, 0.3) is 6.43 Å². The van der Waals surface area contributed by atoms with Crippen LogP contribution in [0.4, 0.5) is 14.6 Å². The van der Waals surface area contributed by atoms with Crippen molar-refractivity contribution in [3.63, 3.8) is 0 Å². The number of benzene rings is 1. The van der Waals surface area contributed by atoms with Crippen LogP contribution in [0, 0.1) is 11.3 Å². The highest BCUT2D eigenvalue weighted by Crippen LogP contribution is 2.24. The summed E-state index contributed by atoms with van der Waals surface area (Å²) in [7, 11) is 0. The van der Waals surface area contributed by atoms with Gasteiger partial charge in [-0.05, 0) is 29.8 Å². The summed E-state index contributed by atoms with van der Waals surface area (Å²) >= 11 is 0. The van der Waals surface area contributed by atoms with Crippen LogP contribution in [0.25, 0.3) is 0 Å². The standard InChI is InChI=1S/C14H11F2N3/c15-14(16)13(19-12-3-1-2-8-18-12)11-6-4-10(9-17)5-7-11/h1-8,13-14H,(H,18,19). The summed E-state index contributed by atoms with van der Waals surface area (Å²) in [5.74, 6) is 0.386. The van der Waals surface area contributed by atoms with Gasteiger partial charge >= 0.3 is 0 Å². The van der Waals surface area contributed by atoms with Crippen LogP contribution in [0.2, 0.25) is 0 Å². The van der Waals surface area contributed by atoms with E-state index in [0.29, 0.717) is 16.9 Å². The molecule has 2 aromatic rings.